The Balaban J connectivity index is 2.31. The fourth-order valence-corrected chi connectivity index (χ4v) is 3.87. The molecule has 0 aliphatic heterocycles. The summed E-state index contributed by atoms with van der Waals surface area (Å²) in [7, 11) is -1.35. The normalized spacial score (nSPS) is 14.6. The lowest BCUT2D eigenvalue weighted by Crippen LogP contribution is -2.51. The fraction of sp³-hybridized carbons (Fsp3) is 0.500. The van der Waals surface area contributed by atoms with E-state index in [-0.39, 0.29) is 6.04 Å². The quantitative estimate of drug-likeness (QED) is 0.920. The van der Waals surface area contributed by atoms with E-state index in [1.165, 1.54) is 6.26 Å². The molecule has 1 atom stereocenters. The molecule has 1 unspecified atom stereocenters. The third-order valence-corrected chi connectivity index (χ3v) is 7.11. The third-order valence-electron chi connectivity index (χ3n) is 3.86. The van der Waals surface area contributed by atoms with Crippen molar-refractivity contribution in [1.82, 2.24) is 10.3 Å². The van der Waals surface area contributed by atoms with E-state index in [4.69, 9.17) is 0 Å². The highest BCUT2D eigenvalue weighted by Gasteiger charge is 2.38. The number of benzene rings is 1. The van der Waals surface area contributed by atoms with Gasteiger partial charge in [0.2, 0.25) is 0 Å². The summed E-state index contributed by atoms with van der Waals surface area (Å²) in [5.74, 6) is 0. The highest BCUT2D eigenvalue weighted by Crippen LogP contribution is 2.27. The van der Waals surface area contributed by atoms with Gasteiger partial charge in [-0.05, 0) is 33.0 Å². The van der Waals surface area contributed by atoms with Crippen LogP contribution in [-0.2, 0) is 16.3 Å². The van der Waals surface area contributed by atoms with Crippen LogP contribution in [0.1, 0.15) is 18.9 Å². The van der Waals surface area contributed by atoms with Crippen LogP contribution < -0.4 is 5.32 Å². The lowest BCUT2D eigenvalue weighted by atomic mass is 10.0. The lowest BCUT2D eigenvalue weighted by molar-refractivity contribution is 0.430. The van der Waals surface area contributed by atoms with Crippen molar-refractivity contribution in [3.63, 3.8) is 0 Å². The van der Waals surface area contributed by atoms with Gasteiger partial charge in [-0.15, -0.1) is 11.3 Å². The maximum absolute atomic E-state index is 12.0. The Kier molecular flexibility index (Phi) is 4.18. The Morgan fingerprint density at radius 3 is 2.55 bits per heavy atom. The van der Waals surface area contributed by atoms with Gasteiger partial charge < -0.3 is 5.32 Å². The second-order valence-corrected chi connectivity index (χ2v) is 9.21. The van der Waals surface area contributed by atoms with Gasteiger partial charge in [0.05, 0.1) is 20.0 Å². The molecule has 0 spiro atoms. The van der Waals surface area contributed by atoms with Crippen molar-refractivity contribution in [2.45, 2.75) is 31.1 Å². The number of thiazole rings is 1. The van der Waals surface area contributed by atoms with Crippen LogP contribution in [0.5, 0.6) is 0 Å². The molecule has 2 rings (SSSR count). The van der Waals surface area contributed by atoms with Crippen LogP contribution in [0.3, 0.4) is 0 Å². The van der Waals surface area contributed by atoms with Crippen LogP contribution in [0.4, 0.5) is 0 Å². The summed E-state index contributed by atoms with van der Waals surface area (Å²) in [4.78, 5) is 4.58. The molecule has 1 heterocycles. The SMILES string of the molecule is CNC(Cc1nc2ccccc2s1)C(C)(C)S(C)(=O)=O. The molecule has 0 radical (unpaired) electrons. The van der Waals surface area contributed by atoms with Crippen molar-refractivity contribution in [2.75, 3.05) is 13.3 Å². The first-order valence-electron chi connectivity index (χ1n) is 6.47. The molecule has 0 aliphatic carbocycles. The summed E-state index contributed by atoms with van der Waals surface area (Å²) >= 11 is 1.62. The Morgan fingerprint density at radius 2 is 2.00 bits per heavy atom. The Bertz CT molecular complexity index is 672. The number of hydrogen-bond acceptors (Lipinski definition) is 5. The first-order valence-corrected chi connectivity index (χ1v) is 9.18. The minimum Gasteiger partial charge on any atom is -0.315 e. The predicted octanol–water partition coefficient (Wildman–Crippen LogP) is 2.25. The molecule has 0 aliphatic rings. The molecule has 0 fully saturated rings. The van der Waals surface area contributed by atoms with Crippen molar-refractivity contribution in [1.29, 1.82) is 0 Å². The van der Waals surface area contributed by atoms with E-state index in [2.05, 4.69) is 10.3 Å². The molecule has 0 amide bonds. The van der Waals surface area contributed by atoms with Crippen LogP contribution in [0.15, 0.2) is 24.3 Å². The number of likely N-dealkylation sites (N-methyl/N-ethyl adjacent to an activating group) is 1. The largest absolute Gasteiger partial charge is 0.315 e. The number of para-hydroxylation sites is 1. The zero-order chi connectivity index (χ0) is 15.0. The number of nitrogens with one attached hydrogen (secondary N) is 1. The molecule has 4 nitrogen and oxygen atoms in total. The molecule has 2 aromatic rings. The number of rotatable bonds is 5. The standard InChI is InChI=1S/C14H20N2O2S2/c1-14(2,20(4,17)18)12(15-3)9-13-16-10-7-5-6-8-11(10)19-13/h5-8,12,15H,9H2,1-4H3. The Labute approximate surface area is 124 Å². The van der Waals surface area contributed by atoms with E-state index >= 15 is 0 Å². The number of hydrogen-bond donors (Lipinski definition) is 1. The highest BCUT2D eigenvalue weighted by molar-refractivity contribution is 7.92. The molecule has 1 N–H and O–H groups in total. The van der Waals surface area contributed by atoms with E-state index < -0.39 is 14.6 Å². The lowest BCUT2D eigenvalue weighted by Gasteiger charge is -2.31. The van der Waals surface area contributed by atoms with E-state index in [0.717, 1.165) is 15.2 Å². The summed E-state index contributed by atoms with van der Waals surface area (Å²) in [6.07, 6.45) is 1.89. The summed E-state index contributed by atoms with van der Waals surface area (Å²) in [5.41, 5.74) is 0.972. The number of fused-ring (bicyclic) bond motifs is 1. The summed E-state index contributed by atoms with van der Waals surface area (Å²) in [6, 6.07) is 7.79. The molecule has 20 heavy (non-hydrogen) atoms. The van der Waals surface area contributed by atoms with Crippen molar-refractivity contribution >= 4 is 31.4 Å². The second-order valence-electron chi connectivity index (χ2n) is 5.50. The molecule has 0 bridgehead atoms. The maximum atomic E-state index is 12.0. The minimum atomic E-state index is -3.15. The molecular formula is C14H20N2O2S2. The summed E-state index contributed by atoms with van der Waals surface area (Å²) in [5, 5.41) is 4.09. The van der Waals surface area contributed by atoms with Gasteiger partial charge in [-0.25, -0.2) is 13.4 Å². The first kappa shape index (κ1) is 15.4. The average Bonchev–Trinajstić information content (AvgIpc) is 2.76. The smallest absolute Gasteiger partial charge is 0.154 e. The van der Waals surface area contributed by atoms with Crippen LogP contribution in [0.2, 0.25) is 0 Å². The molecule has 1 aromatic heterocycles. The highest BCUT2D eigenvalue weighted by atomic mass is 32.2. The van der Waals surface area contributed by atoms with E-state index in [0.29, 0.717) is 6.42 Å². The van der Waals surface area contributed by atoms with Gasteiger partial charge in [0.15, 0.2) is 9.84 Å². The van der Waals surface area contributed by atoms with Gasteiger partial charge in [-0.3, -0.25) is 0 Å². The van der Waals surface area contributed by atoms with Crippen LogP contribution in [0.25, 0.3) is 10.2 Å². The molecule has 0 saturated carbocycles. The molecular weight excluding hydrogens is 292 g/mol. The zero-order valence-electron chi connectivity index (χ0n) is 12.2. The number of aromatic nitrogens is 1. The summed E-state index contributed by atoms with van der Waals surface area (Å²) < 4.78 is 24.2. The van der Waals surface area contributed by atoms with E-state index in [1.807, 2.05) is 24.3 Å². The van der Waals surface area contributed by atoms with Crippen LogP contribution in [0, 0.1) is 0 Å². The number of nitrogens with zero attached hydrogens (tertiary/aromatic N) is 1. The van der Waals surface area contributed by atoms with Crippen molar-refractivity contribution in [3.8, 4) is 0 Å². The van der Waals surface area contributed by atoms with E-state index in [9.17, 15) is 8.42 Å². The zero-order valence-corrected chi connectivity index (χ0v) is 13.8. The maximum Gasteiger partial charge on any atom is 0.154 e. The van der Waals surface area contributed by atoms with Gasteiger partial charge in [-0.1, -0.05) is 12.1 Å². The van der Waals surface area contributed by atoms with Crippen LogP contribution >= 0.6 is 11.3 Å². The minimum absolute atomic E-state index is 0.168. The second kappa shape index (κ2) is 5.42. The monoisotopic (exact) mass is 312 g/mol. The number of sulfone groups is 1. The average molecular weight is 312 g/mol. The van der Waals surface area contributed by atoms with Gasteiger partial charge in [-0.2, -0.15) is 0 Å². The van der Waals surface area contributed by atoms with Crippen molar-refractivity contribution in [2.24, 2.45) is 0 Å². The van der Waals surface area contributed by atoms with Gasteiger partial charge in [0.25, 0.3) is 0 Å². The Morgan fingerprint density at radius 1 is 1.35 bits per heavy atom. The molecule has 0 saturated heterocycles. The van der Waals surface area contributed by atoms with Gasteiger partial charge >= 0.3 is 0 Å². The molecule has 1 aromatic carbocycles. The molecule has 6 heteroatoms. The molecule has 110 valence electrons. The van der Waals surface area contributed by atoms with Gasteiger partial charge in [0, 0.05) is 18.7 Å². The van der Waals surface area contributed by atoms with Crippen molar-refractivity contribution in [3.05, 3.63) is 29.3 Å². The fourth-order valence-electron chi connectivity index (χ4n) is 2.14. The third kappa shape index (κ3) is 2.87. The predicted molar refractivity (Wildman–Crippen MR) is 85.1 cm³/mol. The van der Waals surface area contributed by atoms with Gasteiger partial charge in [0.1, 0.15) is 0 Å². The first-order chi connectivity index (χ1) is 9.25. The van der Waals surface area contributed by atoms with Crippen molar-refractivity contribution < 1.29 is 8.42 Å². The summed E-state index contributed by atoms with van der Waals surface area (Å²) in [6.45, 7) is 3.52. The van der Waals surface area contributed by atoms with Crippen LogP contribution in [-0.4, -0.2) is 37.5 Å². The topological polar surface area (TPSA) is 59.1 Å². The van der Waals surface area contributed by atoms with E-state index in [1.54, 1.807) is 32.2 Å². The Hall–Kier alpha value is -0.980.